The number of furan rings is 1. The number of benzene rings is 2. The van der Waals surface area contributed by atoms with Crippen LogP contribution in [0.4, 0.5) is 5.00 Å². The van der Waals surface area contributed by atoms with Crippen LogP contribution >= 0.6 is 27.3 Å². The summed E-state index contributed by atoms with van der Waals surface area (Å²) in [5.41, 5.74) is 3.99. The Hall–Kier alpha value is -3.16. The van der Waals surface area contributed by atoms with E-state index in [0.29, 0.717) is 24.6 Å². The topological polar surface area (TPSA) is 63.8 Å². The molecule has 0 saturated heterocycles. The van der Waals surface area contributed by atoms with Crippen LogP contribution in [-0.4, -0.2) is 12.1 Å². The molecule has 39 heavy (non-hydrogen) atoms. The zero-order chi connectivity index (χ0) is 27.4. The molecule has 2 heterocycles. The number of hydrogen-bond acceptors (Lipinski definition) is 5. The van der Waals surface area contributed by atoms with Gasteiger partial charge in [-0.1, -0.05) is 67.0 Å². The van der Waals surface area contributed by atoms with Crippen LogP contribution < -0.4 is 10.1 Å². The quantitative estimate of drug-likeness (QED) is 0.205. The van der Waals surface area contributed by atoms with E-state index in [1.807, 2.05) is 66.9 Å². The molecular formula is C32H33BrN2O3S. The first kappa shape index (κ1) is 27.4. The zero-order valence-electron chi connectivity index (χ0n) is 22.5. The van der Waals surface area contributed by atoms with Gasteiger partial charge >= 0.3 is 0 Å². The van der Waals surface area contributed by atoms with Crippen molar-refractivity contribution >= 4 is 44.4 Å². The lowest BCUT2D eigenvalue weighted by atomic mass is 9.72. The number of hydrogen-bond donors (Lipinski definition) is 1. The number of carbonyl (C=O) groups is 1. The van der Waals surface area contributed by atoms with E-state index in [9.17, 15) is 4.79 Å². The number of amides is 1. The van der Waals surface area contributed by atoms with Crippen molar-refractivity contribution in [3.05, 3.63) is 104 Å². The second-order valence-electron chi connectivity index (χ2n) is 11.0. The van der Waals surface area contributed by atoms with Crippen LogP contribution in [0.3, 0.4) is 0 Å². The fraction of sp³-hybridized carbons (Fsp3) is 0.312. The fourth-order valence-corrected chi connectivity index (χ4v) is 6.57. The highest BCUT2D eigenvalue weighted by atomic mass is 79.9. The number of nitrogens with one attached hydrogen (secondary N) is 1. The SMILES string of the molecule is CC(C)(C)[C@H]1CCc2c(sc(N=Cc3cc(Br)ccc3OCc3ccccc3)c2C(=O)NCc2ccco2)C1. The summed E-state index contributed by atoms with van der Waals surface area (Å²) in [4.78, 5) is 19.7. The van der Waals surface area contributed by atoms with E-state index >= 15 is 0 Å². The van der Waals surface area contributed by atoms with Gasteiger partial charge in [-0.3, -0.25) is 4.79 Å². The number of carbonyl (C=O) groups excluding carboxylic acids is 1. The zero-order valence-corrected chi connectivity index (χ0v) is 24.9. The van der Waals surface area contributed by atoms with Gasteiger partial charge in [-0.2, -0.15) is 0 Å². The van der Waals surface area contributed by atoms with Crippen molar-refractivity contribution in [2.24, 2.45) is 16.3 Å². The molecule has 0 spiro atoms. The highest BCUT2D eigenvalue weighted by Gasteiger charge is 2.33. The number of fused-ring (bicyclic) bond motifs is 1. The van der Waals surface area contributed by atoms with Gasteiger partial charge in [0.1, 0.15) is 23.1 Å². The smallest absolute Gasteiger partial charge is 0.255 e. The molecule has 4 aromatic rings. The van der Waals surface area contributed by atoms with Crippen molar-refractivity contribution < 1.29 is 13.9 Å². The highest BCUT2D eigenvalue weighted by molar-refractivity contribution is 9.10. The summed E-state index contributed by atoms with van der Waals surface area (Å²) in [6.45, 7) is 7.71. The minimum absolute atomic E-state index is 0.111. The molecule has 1 N–H and O–H groups in total. The molecule has 1 aliphatic carbocycles. The van der Waals surface area contributed by atoms with Crippen LogP contribution in [0, 0.1) is 11.3 Å². The Morgan fingerprint density at radius 1 is 1.18 bits per heavy atom. The van der Waals surface area contributed by atoms with Gasteiger partial charge in [0.2, 0.25) is 0 Å². The molecule has 5 rings (SSSR count). The molecule has 0 saturated carbocycles. The number of thiophene rings is 1. The van der Waals surface area contributed by atoms with Gasteiger partial charge in [-0.25, -0.2) is 4.99 Å². The molecule has 1 atom stereocenters. The number of nitrogens with zero attached hydrogens (tertiary/aromatic N) is 1. The van der Waals surface area contributed by atoms with E-state index in [1.165, 1.54) is 4.88 Å². The summed E-state index contributed by atoms with van der Waals surface area (Å²) < 4.78 is 12.5. The predicted molar refractivity (Wildman–Crippen MR) is 161 cm³/mol. The van der Waals surface area contributed by atoms with Gasteiger partial charge in [0.15, 0.2) is 0 Å². The third-order valence-electron chi connectivity index (χ3n) is 7.23. The predicted octanol–water partition coefficient (Wildman–Crippen LogP) is 8.51. The second kappa shape index (κ2) is 11.9. The Morgan fingerprint density at radius 3 is 2.74 bits per heavy atom. The normalized spacial score (nSPS) is 15.3. The standard InChI is InChI=1S/C32H33BrN2O3S/c1-32(2,3)23-11-13-26-28(17-23)39-31(29(26)30(36)34-19-25-10-7-15-37-25)35-18-22-16-24(33)12-14-27(22)38-20-21-8-5-4-6-9-21/h4-10,12,14-16,18,23H,11,13,17,19-20H2,1-3H3,(H,34,36)/t23-/m0/s1. The Labute approximate surface area is 242 Å². The first-order valence-corrected chi connectivity index (χ1v) is 14.8. The maximum Gasteiger partial charge on any atom is 0.255 e. The molecule has 0 unspecified atom stereocenters. The molecule has 0 fully saturated rings. The summed E-state index contributed by atoms with van der Waals surface area (Å²) in [6, 6.07) is 19.7. The molecule has 2 aromatic carbocycles. The van der Waals surface area contributed by atoms with Crippen LogP contribution in [-0.2, 0) is 26.0 Å². The molecule has 7 heteroatoms. The maximum atomic E-state index is 13.5. The summed E-state index contributed by atoms with van der Waals surface area (Å²) in [5, 5.41) is 3.78. The lowest BCUT2D eigenvalue weighted by Gasteiger charge is -2.33. The lowest BCUT2D eigenvalue weighted by Crippen LogP contribution is -2.28. The van der Waals surface area contributed by atoms with Crippen molar-refractivity contribution in [1.29, 1.82) is 0 Å². The minimum Gasteiger partial charge on any atom is -0.488 e. The van der Waals surface area contributed by atoms with Crippen LogP contribution in [0.2, 0.25) is 0 Å². The van der Waals surface area contributed by atoms with Crippen molar-refractivity contribution in [3.63, 3.8) is 0 Å². The molecule has 1 amide bonds. The van der Waals surface area contributed by atoms with Gasteiger partial charge in [0, 0.05) is 21.1 Å². The first-order valence-electron chi connectivity index (χ1n) is 13.2. The first-order chi connectivity index (χ1) is 18.8. The summed E-state index contributed by atoms with van der Waals surface area (Å²) in [7, 11) is 0. The summed E-state index contributed by atoms with van der Waals surface area (Å²) >= 11 is 5.22. The van der Waals surface area contributed by atoms with Gasteiger partial charge in [-0.15, -0.1) is 11.3 Å². The number of halogens is 1. The Kier molecular flexibility index (Phi) is 8.38. The molecule has 0 aliphatic heterocycles. The third-order valence-corrected chi connectivity index (χ3v) is 8.89. The minimum atomic E-state index is -0.111. The highest BCUT2D eigenvalue weighted by Crippen LogP contribution is 2.45. The van der Waals surface area contributed by atoms with Crippen LogP contribution in [0.25, 0.3) is 0 Å². The van der Waals surface area contributed by atoms with E-state index in [2.05, 4.69) is 42.0 Å². The summed E-state index contributed by atoms with van der Waals surface area (Å²) in [6.07, 6.45) is 6.35. The van der Waals surface area contributed by atoms with Crippen molar-refractivity contribution in [2.75, 3.05) is 0 Å². The van der Waals surface area contributed by atoms with Gasteiger partial charge in [-0.05, 0) is 72.1 Å². The number of aliphatic imine (C=N–C) groups is 1. The maximum absolute atomic E-state index is 13.5. The molecule has 5 nitrogen and oxygen atoms in total. The molecule has 1 aliphatic rings. The summed E-state index contributed by atoms with van der Waals surface area (Å²) in [5.74, 6) is 1.92. The van der Waals surface area contributed by atoms with Crippen molar-refractivity contribution in [2.45, 2.75) is 53.2 Å². The van der Waals surface area contributed by atoms with Crippen molar-refractivity contribution in [3.8, 4) is 5.75 Å². The molecule has 0 bridgehead atoms. The van der Waals surface area contributed by atoms with Crippen LogP contribution in [0.5, 0.6) is 5.75 Å². The Bertz CT molecular complexity index is 1450. The lowest BCUT2D eigenvalue weighted by molar-refractivity contribution is 0.0947. The van der Waals surface area contributed by atoms with Gasteiger partial charge < -0.3 is 14.5 Å². The third kappa shape index (κ3) is 6.71. The van der Waals surface area contributed by atoms with E-state index in [0.717, 1.165) is 56.9 Å². The molecule has 0 radical (unpaired) electrons. The van der Waals surface area contributed by atoms with Crippen LogP contribution in [0.1, 0.15) is 64.9 Å². The average molecular weight is 606 g/mol. The van der Waals surface area contributed by atoms with Gasteiger partial charge in [0.05, 0.1) is 18.4 Å². The monoisotopic (exact) mass is 604 g/mol. The molecular weight excluding hydrogens is 572 g/mol. The largest absolute Gasteiger partial charge is 0.488 e. The van der Waals surface area contributed by atoms with E-state index in [1.54, 1.807) is 17.6 Å². The average Bonchev–Trinajstić information content (AvgIpc) is 3.57. The van der Waals surface area contributed by atoms with Gasteiger partial charge in [0.25, 0.3) is 5.91 Å². The Balaban J connectivity index is 1.44. The van der Waals surface area contributed by atoms with E-state index < -0.39 is 0 Å². The fourth-order valence-electron chi connectivity index (χ4n) is 4.92. The number of ether oxygens (including phenoxy) is 1. The van der Waals surface area contributed by atoms with E-state index in [-0.39, 0.29) is 11.3 Å². The van der Waals surface area contributed by atoms with Crippen molar-refractivity contribution in [1.82, 2.24) is 5.32 Å². The molecule has 202 valence electrons. The Morgan fingerprint density at radius 2 is 2.00 bits per heavy atom. The second-order valence-corrected chi connectivity index (χ2v) is 13.0. The molecule has 2 aromatic heterocycles. The van der Waals surface area contributed by atoms with E-state index in [4.69, 9.17) is 14.1 Å². The number of rotatable bonds is 8. The van der Waals surface area contributed by atoms with Crippen LogP contribution in [0.15, 0.2) is 80.8 Å².